The molecule has 3 N–H and O–H groups in total. The number of hydrogen-bond acceptors (Lipinski definition) is 8. The molecule has 3 fully saturated rings. The molecule has 14 heteroatoms. The van der Waals surface area contributed by atoms with E-state index in [4.69, 9.17) is 19.7 Å². The van der Waals surface area contributed by atoms with Crippen LogP contribution in [0.15, 0.2) is 36.4 Å². The second-order valence-electron chi connectivity index (χ2n) is 11.4. The van der Waals surface area contributed by atoms with Gasteiger partial charge in [-0.1, -0.05) is 24.6 Å². The fourth-order valence-corrected chi connectivity index (χ4v) is 6.87. The van der Waals surface area contributed by atoms with E-state index in [9.17, 15) is 18.0 Å². The third-order valence-corrected chi connectivity index (χ3v) is 9.58. The van der Waals surface area contributed by atoms with E-state index in [0.29, 0.717) is 50.0 Å². The number of carbonyl (C=O) groups excluding carboxylic acids is 1. The molecule has 2 saturated heterocycles. The molecule has 1 saturated carbocycles. The molecule has 230 valence electrons. The molecule has 2 amide bonds. The van der Waals surface area contributed by atoms with E-state index in [1.54, 1.807) is 4.68 Å². The maximum Gasteiger partial charge on any atom is 0.407 e. The maximum absolute atomic E-state index is 13.4. The summed E-state index contributed by atoms with van der Waals surface area (Å²) in [5.41, 5.74) is 1.95. The quantitative estimate of drug-likeness (QED) is 0.329. The lowest BCUT2D eigenvalue weighted by molar-refractivity contribution is 0.0499. The number of fused-ring (bicyclic) bond motifs is 1. The number of rotatable bonds is 9. The Morgan fingerprint density at radius 1 is 1.05 bits per heavy atom. The summed E-state index contributed by atoms with van der Waals surface area (Å²) in [5, 5.41) is 14.8. The van der Waals surface area contributed by atoms with E-state index >= 15 is 0 Å². The first-order valence-corrected chi connectivity index (χ1v) is 16.3. The van der Waals surface area contributed by atoms with Crippen LogP contribution in [0.4, 0.5) is 4.79 Å². The van der Waals surface area contributed by atoms with Crippen molar-refractivity contribution in [2.24, 2.45) is 5.92 Å². The molecule has 2 aliphatic heterocycles. The fourth-order valence-electron chi connectivity index (χ4n) is 5.79. The van der Waals surface area contributed by atoms with Crippen molar-refractivity contribution in [3.8, 4) is 11.4 Å². The number of ether oxygens (including phenoxy) is 2. The molecule has 13 nitrogen and oxygen atoms in total. The highest BCUT2D eigenvalue weighted by Crippen LogP contribution is 2.42. The average molecular weight is 613 g/mol. The van der Waals surface area contributed by atoms with Gasteiger partial charge in [0, 0.05) is 44.3 Å². The zero-order chi connectivity index (χ0) is 30.0. The molecular formula is C29H36N6O7S. The first kappa shape index (κ1) is 29.3. The molecule has 1 aliphatic carbocycles. The zero-order valence-electron chi connectivity index (χ0n) is 23.8. The van der Waals surface area contributed by atoms with Crippen molar-refractivity contribution in [1.29, 1.82) is 0 Å². The number of hydrogen-bond donors (Lipinski definition) is 3. The number of nitrogens with one attached hydrogen (secondary N) is 2. The smallest absolute Gasteiger partial charge is 0.407 e. The van der Waals surface area contributed by atoms with Crippen molar-refractivity contribution in [1.82, 2.24) is 29.1 Å². The minimum atomic E-state index is -4.26. The number of para-hydroxylation sites is 1. The van der Waals surface area contributed by atoms with E-state index in [1.165, 1.54) is 11.0 Å². The Labute approximate surface area is 249 Å². The molecule has 0 atom stereocenters. The van der Waals surface area contributed by atoms with Crippen molar-refractivity contribution in [2.75, 3.05) is 32.9 Å². The predicted octanol–water partition coefficient (Wildman–Crippen LogP) is 3.20. The number of amides is 2. The monoisotopic (exact) mass is 612 g/mol. The minimum Gasteiger partial charge on any atom is -0.492 e. The normalized spacial score (nSPS) is 18.8. The van der Waals surface area contributed by atoms with Crippen molar-refractivity contribution in [2.45, 2.75) is 56.9 Å². The predicted molar refractivity (Wildman–Crippen MR) is 157 cm³/mol. The molecule has 43 heavy (non-hydrogen) atoms. The highest BCUT2D eigenvalue weighted by Gasteiger charge is 2.31. The lowest BCUT2D eigenvalue weighted by atomic mass is 9.82. The van der Waals surface area contributed by atoms with Crippen molar-refractivity contribution < 1.29 is 32.6 Å². The van der Waals surface area contributed by atoms with Crippen LogP contribution in [0.25, 0.3) is 16.7 Å². The molecule has 4 heterocycles. The van der Waals surface area contributed by atoms with Gasteiger partial charge in [0.2, 0.25) is 0 Å². The van der Waals surface area contributed by atoms with Crippen LogP contribution in [-0.2, 0) is 14.9 Å². The van der Waals surface area contributed by atoms with Gasteiger partial charge >= 0.3 is 16.3 Å². The van der Waals surface area contributed by atoms with Crippen LogP contribution in [0, 0.1) is 5.92 Å². The Bertz CT molecular complexity index is 1580. The second kappa shape index (κ2) is 12.5. The van der Waals surface area contributed by atoms with E-state index in [0.717, 1.165) is 48.9 Å². The lowest BCUT2D eigenvalue weighted by Gasteiger charge is -2.30. The van der Waals surface area contributed by atoms with Gasteiger partial charge in [-0.25, -0.2) is 19.2 Å². The Kier molecular flexibility index (Phi) is 8.50. The molecule has 0 spiro atoms. The molecule has 3 aromatic rings. The Balaban J connectivity index is 1.31. The van der Waals surface area contributed by atoms with Gasteiger partial charge in [-0.15, -0.1) is 0 Å². The summed E-state index contributed by atoms with van der Waals surface area (Å²) in [7, 11) is -4.26. The lowest BCUT2D eigenvalue weighted by Crippen LogP contribution is -2.50. The largest absolute Gasteiger partial charge is 0.492 e. The molecule has 0 radical (unpaired) electrons. The van der Waals surface area contributed by atoms with Crippen LogP contribution in [-0.4, -0.2) is 84.1 Å². The number of aromatic nitrogens is 3. The topological polar surface area (TPSA) is 165 Å². The van der Waals surface area contributed by atoms with Crippen LogP contribution in [0.5, 0.6) is 5.75 Å². The summed E-state index contributed by atoms with van der Waals surface area (Å²) in [6, 6.07) is 10.5. The molecule has 2 aromatic heterocycles. The van der Waals surface area contributed by atoms with Gasteiger partial charge < -0.3 is 19.5 Å². The second-order valence-corrected chi connectivity index (χ2v) is 12.9. The highest BCUT2D eigenvalue weighted by atomic mass is 32.2. The van der Waals surface area contributed by atoms with E-state index < -0.39 is 28.3 Å². The summed E-state index contributed by atoms with van der Waals surface area (Å²) in [5.74, 6) is 0.0931. The summed E-state index contributed by atoms with van der Waals surface area (Å²) in [4.78, 5) is 30.5. The number of pyridine rings is 1. The van der Waals surface area contributed by atoms with Crippen LogP contribution in [0.1, 0.15) is 67.0 Å². The Morgan fingerprint density at radius 3 is 2.42 bits per heavy atom. The molecule has 0 bridgehead atoms. The average Bonchev–Trinajstić information content (AvgIpc) is 3.35. The summed E-state index contributed by atoms with van der Waals surface area (Å²) < 4.78 is 44.0. The van der Waals surface area contributed by atoms with Gasteiger partial charge in [0.15, 0.2) is 5.65 Å². The van der Waals surface area contributed by atoms with Crippen LogP contribution in [0.3, 0.4) is 0 Å². The van der Waals surface area contributed by atoms with E-state index in [2.05, 4.69) is 14.4 Å². The molecule has 3 aliphatic rings. The summed E-state index contributed by atoms with van der Waals surface area (Å²) in [6.07, 6.45) is 4.41. The maximum atomic E-state index is 13.4. The van der Waals surface area contributed by atoms with Crippen LogP contribution < -0.4 is 14.2 Å². The van der Waals surface area contributed by atoms with Gasteiger partial charge in [0.25, 0.3) is 5.91 Å². The molecule has 1 aromatic carbocycles. The van der Waals surface area contributed by atoms with Crippen LogP contribution in [0.2, 0.25) is 0 Å². The number of benzene rings is 1. The first-order valence-electron chi connectivity index (χ1n) is 14.8. The standard InChI is InChI=1S/C29H36N6O7S/c36-28(33-43(39,40)32-21-9-13-34(14-10-21)29(37)38)23-17-24(42-18-19-11-15-41-16-12-19)25-26(20-5-4-6-20)31-35(27(25)30-23)22-7-2-1-3-8-22/h1-3,7-8,17,19-21,32H,4-6,9-16,18H2,(H,33,36)(H,37,38). The van der Waals surface area contributed by atoms with Crippen molar-refractivity contribution >= 4 is 33.2 Å². The van der Waals surface area contributed by atoms with Gasteiger partial charge in [-0.3, -0.25) is 4.79 Å². The molecule has 6 rings (SSSR count). The van der Waals surface area contributed by atoms with Gasteiger partial charge in [-0.2, -0.15) is 18.2 Å². The zero-order valence-corrected chi connectivity index (χ0v) is 24.6. The van der Waals surface area contributed by atoms with E-state index in [-0.39, 0.29) is 24.7 Å². The van der Waals surface area contributed by atoms with Crippen LogP contribution >= 0.6 is 0 Å². The third-order valence-electron chi connectivity index (χ3n) is 8.48. The third kappa shape index (κ3) is 6.60. The number of likely N-dealkylation sites (tertiary alicyclic amines) is 1. The first-order chi connectivity index (χ1) is 20.8. The molecule has 0 unspecified atom stereocenters. The Hall–Kier alpha value is -3.75. The fraction of sp³-hybridized carbons (Fsp3) is 0.517. The number of piperidine rings is 1. The number of carboxylic acid groups (broad SMARTS) is 1. The number of carbonyl (C=O) groups is 2. The van der Waals surface area contributed by atoms with Gasteiger partial charge in [0.05, 0.1) is 23.4 Å². The minimum absolute atomic E-state index is 0.113. The van der Waals surface area contributed by atoms with E-state index in [1.807, 2.05) is 30.3 Å². The van der Waals surface area contributed by atoms with Gasteiger partial charge in [-0.05, 0) is 56.6 Å². The van der Waals surface area contributed by atoms with Gasteiger partial charge in [0.1, 0.15) is 11.4 Å². The van der Waals surface area contributed by atoms with Crippen molar-refractivity contribution in [3.63, 3.8) is 0 Å². The Morgan fingerprint density at radius 2 is 1.77 bits per heavy atom. The summed E-state index contributed by atoms with van der Waals surface area (Å²) in [6.45, 7) is 2.18. The van der Waals surface area contributed by atoms with Crippen molar-refractivity contribution in [3.05, 3.63) is 47.8 Å². The SMILES string of the molecule is O=C(NS(=O)(=O)NC1CCN(C(=O)O)CC1)c1cc(OCC2CCOCC2)c2c(C3CCC3)nn(-c3ccccc3)c2n1. The highest BCUT2D eigenvalue weighted by molar-refractivity contribution is 7.88. The number of nitrogens with zero attached hydrogens (tertiary/aromatic N) is 4. The summed E-state index contributed by atoms with van der Waals surface area (Å²) >= 11 is 0. The molecular weight excluding hydrogens is 576 g/mol.